The lowest BCUT2D eigenvalue weighted by Gasteiger charge is -2.31. The quantitative estimate of drug-likeness (QED) is 0.663. The number of aryl methyl sites for hydroxylation is 2. The minimum Gasteiger partial charge on any atom is -0.486 e. The van der Waals surface area contributed by atoms with E-state index in [4.69, 9.17) is 9.47 Å². The molecule has 0 radical (unpaired) electrons. The smallest absolute Gasteiger partial charge is 0.244 e. The lowest BCUT2D eigenvalue weighted by Crippen LogP contribution is -2.48. The van der Waals surface area contributed by atoms with Crippen LogP contribution in [0.5, 0.6) is 11.5 Å². The first-order chi connectivity index (χ1) is 15.8. The van der Waals surface area contributed by atoms with E-state index in [9.17, 15) is 13.2 Å². The molecular formula is C25H32N2O5S. The number of hydrogen-bond donors (Lipinski definition) is 1. The number of fused-ring (bicyclic) bond motifs is 2. The third kappa shape index (κ3) is 5.11. The highest BCUT2D eigenvalue weighted by Crippen LogP contribution is 2.35. The van der Waals surface area contributed by atoms with Crippen LogP contribution in [0.1, 0.15) is 55.8 Å². The lowest BCUT2D eigenvalue weighted by molar-refractivity contribution is -0.122. The van der Waals surface area contributed by atoms with Crippen LogP contribution in [-0.2, 0) is 27.7 Å². The van der Waals surface area contributed by atoms with Crippen molar-refractivity contribution in [2.75, 3.05) is 23.8 Å². The number of nitrogens with zero attached hydrogens (tertiary/aromatic N) is 1. The maximum Gasteiger partial charge on any atom is 0.244 e. The number of benzene rings is 2. The van der Waals surface area contributed by atoms with Crippen molar-refractivity contribution < 1.29 is 22.7 Å². The second kappa shape index (κ2) is 9.63. The van der Waals surface area contributed by atoms with E-state index in [-0.39, 0.29) is 11.9 Å². The van der Waals surface area contributed by atoms with E-state index in [0.717, 1.165) is 29.0 Å². The average molecular weight is 473 g/mol. The van der Waals surface area contributed by atoms with Gasteiger partial charge < -0.3 is 14.8 Å². The predicted molar refractivity (Wildman–Crippen MR) is 128 cm³/mol. The van der Waals surface area contributed by atoms with Crippen molar-refractivity contribution in [3.8, 4) is 11.5 Å². The van der Waals surface area contributed by atoms with Crippen molar-refractivity contribution in [3.63, 3.8) is 0 Å². The summed E-state index contributed by atoms with van der Waals surface area (Å²) in [6.45, 7) is 4.46. The summed E-state index contributed by atoms with van der Waals surface area (Å²) in [6, 6.07) is 10.2. The maximum absolute atomic E-state index is 13.3. The Hall–Kier alpha value is -2.74. The normalized spacial score (nSPS) is 16.9. The van der Waals surface area contributed by atoms with Gasteiger partial charge in [-0.1, -0.05) is 25.1 Å². The topological polar surface area (TPSA) is 84.9 Å². The van der Waals surface area contributed by atoms with Crippen LogP contribution in [0, 0.1) is 0 Å². The first-order valence-corrected chi connectivity index (χ1v) is 13.4. The molecule has 1 N–H and O–H groups in total. The van der Waals surface area contributed by atoms with E-state index in [2.05, 4.69) is 23.5 Å². The molecule has 2 aromatic carbocycles. The molecule has 0 spiro atoms. The molecule has 0 fully saturated rings. The molecule has 1 amide bonds. The number of rotatable bonds is 7. The van der Waals surface area contributed by atoms with Gasteiger partial charge in [0.25, 0.3) is 0 Å². The zero-order chi connectivity index (χ0) is 23.6. The van der Waals surface area contributed by atoms with Crippen LogP contribution in [0.3, 0.4) is 0 Å². The van der Waals surface area contributed by atoms with Crippen molar-refractivity contribution in [2.24, 2.45) is 0 Å². The van der Waals surface area contributed by atoms with Gasteiger partial charge >= 0.3 is 0 Å². The summed E-state index contributed by atoms with van der Waals surface area (Å²) in [6.07, 6.45) is 6.40. The van der Waals surface area contributed by atoms with Crippen molar-refractivity contribution in [1.82, 2.24) is 5.32 Å². The van der Waals surface area contributed by atoms with Crippen LogP contribution in [0.25, 0.3) is 0 Å². The highest BCUT2D eigenvalue weighted by molar-refractivity contribution is 7.92. The Bertz CT molecular complexity index is 1130. The standard InChI is InChI=1S/C25H32N2O5S/c1-4-22(20-10-9-18-7-5-6-8-19(18)15-20)26-25(28)17(2)27(33(3,29)30)21-11-12-23-24(16-21)32-14-13-31-23/h9-12,15-17,22H,4-8,13-14H2,1-3H3,(H,26,28)/t17-,22+/m0/s1. The molecule has 0 saturated heterocycles. The zero-order valence-electron chi connectivity index (χ0n) is 19.5. The molecule has 1 aliphatic heterocycles. The summed E-state index contributed by atoms with van der Waals surface area (Å²) in [5.74, 6) is 0.689. The monoisotopic (exact) mass is 472 g/mol. The van der Waals surface area contributed by atoms with E-state index < -0.39 is 16.1 Å². The van der Waals surface area contributed by atoms with Gasteiger partial charge in [0.15, 0.2) is 11.5 Å². The number of anilines is 1. The number of sulfonamides is 1. The Kier molecular flexibility index (Phi) is 6.83. The van der Waals surface area contributed by atoms with Crippen LogP contribution >= 0.6 is 0 Å². The van der Waals surface area contributed by atoms with Gasteiger partial charge in [-0.3, -0.25) is 9.10 Å². The second-order valence-corrected chi connectivity index (χ2v) is 10.6. The summed E-state index contributed by atoms with van der Waals surface area (Å²) in [5, 5.41) is 3.07. The van der Waals surface area contributed by atoms with Crippen LogP contribution < -0.4 is 19.1 Å². The first-order valence-electron chi connectivity index (χ1n) is 11.6. The molecule has 2 aliphatic rings. The minimum atomic E-state index is -3.73. The Labute approximate surface area is 196 Å². The fourth-order valence-corrected chi connectivity index (χ4v) is 5.83. The molecule has 7 nitrogen and oxygen atoms in total. The molecule has 2 atom stereocenters. The summed E-state index contributed by atoms with van der Waals surface area (Å²) in [5.41, 5.74) is 4.17. The van der Waals surface area contributed by atoms with Crippen molar-refractivity contribution in [3.05, 3.63) is 53.1 Å². The Morgan fingerprint density at radius 3 is 2.42 bits per heavy atom. The van der Waals surface area contributed by atoms with E-state index in [0.29, 0.717) is 36.8 Å². The third-order valence-corrected chi connectivity index (χ3v) is 7.61. The van der Waals surface area contributed by atoms with E-state index in [1.807, 2.05) is 6.92 Å². The van der Waals surface area contributed by atoms with Gasteiger partial charge in [-0.25, -0.2) is 8.42 Å². The van der Waals surface area contributed by atoms with E-state index in [1.54, 1.807) is 25.1 Å². The Morgan fingerprint density at radius 2 is 1.73 bits per heavy atom. The number of ether oxygens (including phenoxy) is 2. The molecule has 0 aromatic heterocycles. The van der Waals surface area contributed by atoms with Crippen molar-refractivity contribution in [2.45, 2.75) is 58.0 Å². The molecule has 4 rings (SSSR count). The second-order valence-electron chi connectivity index (χ2n) is 8.77. The largest absolute Gasteiger partial charge is 0.486 e. The van der Waals surface area contributed by atoms with Gasteiger partial charge in [0.1, 0.15) is 19.3 Å². The molecule has 1 heterocycles. The lowest BCUT2D eigenvalue weighted by atomic mass is 9.88. The number of hydrogen-bond acceptors (Lipinski definition) is 5. The molecular weight excluding hydrogens is 440 g/mol. The molecule has 1 aliphatic carbocycles. The van der Waals surface area contributed by atoms with Crippen LogP contribution in [0.15, 0.2) is 36.4 Å². The highest BCUT2D eigenvalue weighted by Gasteiger charge is 2.31. The van der Waals surface area contributed by atoms with Crippen LogP contribution in [-0.4, -0.2) is 39.8 Å². The van der Waals surface area contributed by atoms with E-state index >= 15 is 0 Å². The highest BCUT2D eigenvalue weighted by atomic mass is 32.2. The van der Waals surface area contributed by atoms with Gasteiger partial charge in [-0.15, -0.1) is 0 Å². The molecule has 0 bridgehead atoms. The zero-order valence-corrected chi connectivity index (χ0v) is 20.3. The van der Waals surface area contributed by atoms with Gasteiger partial charge in [-0.2, -0.15) is 0 Å². The average Bonchev–Trinajstić information content (AvgIpc) is 2.81. The number of carbonyl (C=O) groups excluding carboxylic acids is 1. The summed E-state index contributed by atoms with van der Waals surface area (Å²) >= 11 is 0. The van der Waals surface area contributed by atoms with Crippen LogP contribution in [0.2, 0.25) is 0 Å². The number of amides is 1. The van der Waals surface area contributed by atoms with Gasteiger partial charge in [-0.05, 0) is 67.9 Å². The molecule has 8 heteroatoms. The van der Waals surface area contributed by atoms with Gasteiger partial charge in [0, 0.05) is 6.07 Å². The first kappa shape index (κ1) is 23.4. The minimum absolute atomic E-state index is 0.186. The molecule has 2 aromatic rings. The van der Waals surface area contributed by atoms with Gasteiger partial charge in [0.2, 0.25) is 15.9 Å². The predicted octanol–water partition coefficient (Wildman–Crippen LogP) is 3.76. The van der Waals surface area contributed by atoms with E-state index in [1.165, 1.54) is 24.0 Å². The number of carbonyl (C=O) groups is 1. The molecule has 0 unspecified atom stereocenters. The number of nitrogens with one attached hydrogen (secondary N) is 1. The molecule has 0 saturated carbocycles. The fraction of sp³-hybridized carbons (Fsp3) is 0.480. The maximum atomic E-state index is 13.3. The Morgan fingerprint density at radius 1 is 1.03 bits per heavy atom. The van der Waals surface area contributed by atoms with Crippen LogP contribution in [0.4, 0.5) is 5.69 Å². The molecule has 33 heavy (non-hydrogen) atoms. The SMILES string of the molecule is CC[C@@H](NC(=O)[C@H](C)N(c1ccc2c(c1)OCCO2)S(C)(=O)=O)c1ccc2c(c1)CCCC2. The summed E-state index contributed by atoms with van der Waals surface area (Å²) in [4.78, 5) is 13.3. The van der Waals surface area contributed by atoms with Gasteiger partial charge in [0.05, 0.1) is 18.0 Å². The Balaban J connectivity index is 1.56. The molecule has 178 valence electrons. The van der Waals surface area contributed by atoms with Crippen molar-refractivity contribution >= 4 is 21.6 Å². The summed E-state index contributed by atoms with van der Waals surface area (Å²) in [7, 11) is -3.73. The third-order valence-electron chi connectivity index (χ3n) is 6.37. The fourth-order valence-electron chi connectivity index (χ4n) is 4.66. The summed E-state index contributed by atoms with van der Waals surface area (Å²) < 4.78 is 37.7. The van der Waals surface area contributed by atoms with Crippen molar-refractivity contribution in [1.29, 1.82) is 0 Å².